The number of amides is 3. The molecule has 2 N–H and O–H groups in total. The lowest BCUT2D eigenvalue weighted by Crippen LogP contribution is -2.37. The number of esters is 1. The van der Waals surface area contributed by atoms with Crippen LogP contribution in [0.2, 0.25) is 0 Å². The molecule has 0 spiro atoms. The van der Waals surface area contributed by atoms with Crippen LogP contribution in [0.5, 0.6) is 0 Å². The molecule has 1 atom stereocenters. The second-order valence-corrected chi connectivity index (χ2v) is 8.33. The van der Waals surface area contributed by atoms with Gasteiger partial charge in [0.2, 0.25) is 5.91 Å². The quantitative estimate of drug-likeness (QED) is 0.524. The maximum atomic E-state index is 12.2. The summed E-state index contributed by atoms with van der Waals surface area (Å²) in [5.74, 6) is -0.765. The van der Waals surface area contributed by atoms with Crippen molar-refractivity contribution < 1.29 is 23.9 Å². The highest BCUT2D eigenvalue weighted by Crippen LogP contribution is 2.21. The van der Waals surface area contributed by atoms with E-state index >= 15 is 0 Å². The number of nitrogens with one attached hydrogen (secondary N) is 2. The highest BCUT2D eigenvalue weighted by Gasteiger charge is 2.21. The maximum Gasteiger partial charge on any atom is 0.325 e. The maximum absolute atomic E-state index is 12.2. The Morgan fingerprint density at radius 1 is 1.10 bits per heavy atom. The Balaban J connectivity index is 1.66. The smallest absolute Gasteiger partial charge is 0.325 e. The number of nitrogens with zero attached hydrogens (tertiary/aromatic N) is 1. The van der Waals surface area contributed by atoms with Gasteiger partial charge in [0.25, 0.3) is 11.8 Å². The normalized spacial score (nSPS) is 14.5. The molecule has 1 aliphatic rings. The van der Waals surface area contributed by atoms with Crippen LogP contribution in [0, 0.1) is 5.92 Å². The number of benzene rings is 1. The summed E-state index contributed by atoms with van der Waals surface area (Å²) in [6, 6.07) is 6.65. The van der Waals surface area contributed by atoms with Crippen LogP contribution in [0.15, 0.2) is 24.3 Å². The fraction of sp³-hybridized carbons (Fsp3) is 0.565. The molecule has 170 valence electrons. The third-order valence-electron chi connectivity index (χ3n) is 5.10. The molecule has 0 aromatic heterocycles. The van der Waals surface area contributed by atoms with Crippen LogP contribution in [0.4, 0.5) is 5.69 Å². The Bertz CT molecular complexity index is 776. The molecule has 0 bridgehead atoms. The summed E-state index contributed by atoms with van der Waals surface area (Å²) in [7, 11) is 0. The van der Waals surface area contributed by atoms with Gasteiger partial charge in [0.05, 0.1) is 0 Å². The number of hydrogen-bond acceptors (Lipinski definition) is 5. The SMILES string of the molecule is CC(C)CCC[C@@H](C)NC(=O)COC(=O)CNC(=O)c1ccc(N2CCCC2=O)cc1. The predicted molar refractivity (Wildman–Crippen MR) is 118 cm³/mol. The van der Waals surface area contributed by atoms with E-state index in [4.69, 9.17) is 4.74 Å². The van der Waals surface area contributed by atoms with Gasteiger partial charge in [0.15, 0.2) is 6.61 Å². The molecule has 1 saturated heterocycles. The minimum absolute atomic E-state index is 0.0171. The summed E-state index contributed by atoms with van der Waals surface area (Å²) >= 11 is 0. The Hall–Kier alpha value is -2.90. The number of anilines is 1. The molecule has 8 nitrogen and oxygen atoms in total. The van der Waals surface area contributed by atoms with Gasteiger partial charge in [-0.15, -0.1) is 0 Å². The minimum atomic E-state index is -0.685. The highest BCUT2D eigenvalue weighted by atomic mass is 16.5. The van der Waals surface area contributed by atoms with Gasteiger partial charge in [-0.2, -0.15) is 0 Å². The molecule has 31 heavy (non-hydrogen) atoms. The Labute approximate surface area is 183 Å². The van der Waals surface area contributed by atoms with Crippen molar-refractivity contribution in [2.45, 2.75) is 58.9 Å². The lowest BCUT2D eigenvalue weighted by Gasteiger charge is -2.16. The average Bonchev–Trinajstić information content (AvgIpc) is 3.16. The van der Waals surface area contributed by atoms with Crippen molar-refractivity contribution in [3.05, 3.63) is 29.8 Å². The zero-order valence-electron chi connectivity index (χ0n) is 18.6. The molecule has 1 aliphatic heterocycles. The Morgan fingerprint density at radius 2 is 1.81 bits per heavy atom. The van der Waals surface area contributed by atoms with E-state index in [0.717, 1.165) is 31.4 Å². The second-order valence-electron chi connectivity index (χ2n) is 8.33. The fourth-order valence-corrected chi connectivity index (χ4v) is 3.39. The van der Waals surface area contributed by atoms with E-state index in [0.29, 0.717) is 24.4 Å². The van der Waals surface area contributed by atoms with Gasteiger partial charge in [0.1, 0.15) is 6.54 Å². The summed E-state index contributed by atoms with van der Waals surface area (Å²) in [5.41, 5.74) is 1.12. The molecule has 8 heteroatoms. The van der Waals surface area contributed by atoms with Crippen molar-refractivity contribution in [3.8, 4) is 0 Å². The number of carbonyl (C=O) groups is 4. The van der Waals surface area contributed by atoms with E-state index in [1.165, 1.54) is 0 Å². The molecule has 0 unspecified atom stereocenters. The molecule has 0 radical (unpaired) electrons. The molecular weight excluding hydrogens is 398 g/mol. The number of hydrogen-bond donors (Lipinski definition) is 2. The van der Waals surface area contributed by atoms with Crippen LogP contribution in [-0.4, -0.2) is 49.4 Å². The summed E-state index contributed by atoms with van der Waals surface area (Å²) in [6.45, 7) is 6.22. The molecule has 1 aromatic carbocycles. The van der Waals surface area contributed by atoms with Gasteiger partial charge in [-0.05, 0) is 49.9 Å². The topological polar surface area (TPSA) is 105 Å². The molecule has 1 aromatic rings. The lowest BCUT2D eigenvalue weighted by atomic mass is 10.0. The first kappa shape index (κ1) is 24.4. The van der Waals surface area contributed by atoms with Gasteiger partial charge in [0, 0.05) is 30.3 Å². The lowest BCUT2D eigenvalue weighted by molar-refractivity contribution is -0.147. The fourth-order valence-electron chi connectivity index (χ4n) is 3.39. The van der Waals surface area contributed by atoms with Crippen LogP contribution in [0.3, 0.4) is 0 Å². The van der Waals surface area contributed by atoms with Gasteiger partial charge >= 0.3 is 5.97 Å². The molecule has 0 saturated carbocycles. The zero-order valence-corrected chi connectivity index (χ0v) is 18.6. The molecular formula is C23H33N3O5. The van der Waals surface area contributed by atoms with Crippen LogP contribution < -0.4 is 15.5 Å². The summed E-state index contributed by atoms with van der Waals surface area (Å²) in [6.07, 6.45) is 4.38. The van der Waals surface area contributed by atoms with Crippen molar-refractivity contribution in [2.24, 2.45) is 5.92 Å². The monoisotopic (exact) mass is 431 g/mol. The van der Waals surface area contributed by atoms with E-state index < -0.39 is 11.9 Å². The van der Waals surface area contributed by atoms with E-state index in [2.05, 4.69) is 24.5 Å². The van der Waals surface area contributed by atoms with E-state index in [1.54, 1.807) is 29.2 Å². The standard InChI is InChI=1S/C23H33N3O5/c1-16(2)6-4-7-17(3)25-20(27)15-31-22(29)14-24-23(30)18-9-11-19(12-10-18)26-13-5-8-21(26)28/h9-12,16-17H,4-8,13-15H2,1-3H3,(H,24,30)(H,25,27)/t17-/m1/s1. The van der Waals surface area contributed by atoms with Crippen molar-refractivity contribution in [1.82, 2.24) is 10.6 Å². The van der Waals surface area contributed by atoms with Gasteiger partial charge in [-0.3, -0.25) is 19.2 Å². The predicted octanol–water partition coefficient (Wildman–Crippen LogP) is 2.42. The van der Waals surface area contributed by atoms with Gasteiger partial charge in [-0.25, -0.2) is 0 Å². The molecule has 2 rings (SSSR count). The van der Waals surface area contributed by atoms with Gasteiger partial charge < -0.3 is 20.3 Å². The van der Waals surface area contributed by atoms with Crippen LogP contribution in [-0.2, 0) is 19.1 Å². The van der Waals surface area contributed by atoms with E-state index in [1.807, 2.05) is 6.92 Å². The van der Waals surface area contributed by atoms with Crippen LogP contribution in [0.25, 0.3) is 0 Å². The van der Waals surface area contributed by atoms with Gasteiger partial charge in [-0.1, -0.05) is 26.7 Å². The molecule has 1 heterocycles. The zero-order chi connectivity index (χ0) is 22.8. The molecule has 3 amide bonds. The summed E-state index contributed by atoms with van der Waals surface area (Å²) < 4.78 is 4.92. The first-order chi connectivity index (χ1) is 14.8. The summed E-state index contributed by atoms with van der Waals surface area (Å²) in [4.78, 5) is 49.4. The Kier molecular flexibility index (Phi) is 9.49. The number of ether oxygens (including phenoxy) is 1. The third kappa shape index (κ3) is 8.39. The Morgan fingerprint density at radius 3 is 2.42 bits per heavy atom. The number of carbonyl (C=O) groups excluding carboxylic acids is 4. The summed E-state index contributed by atoms with van der Waals surface area (Å²) in [5, 5.41) is 5.27. The van der Waals surface area contributed by atoms with Crippen LogP contribution >= 0.6 is 0 Å². The van der Waals surface area contributed by atoms with Crippen molar-refractivity contribution in [3.63, 3.8) is 0 Å². The minimum Gasteiger partial charge on any atom is -0.454 e. The largest absolute Gasteiger partial charge is 0.454 e. The van der Waals surface area contributed by atoms with Crippen LogP contribution in [0.1, 0.15) is 63.2 Å². The van der Waals surface area contributed by atoms with E-state index in [9.17, 15) is 19.2 Å². The first-order valence-corrected chi connectivity index (χ1v) is 10.9. The number of rotatable bonds is 11. The van der Waals surface area contributed by atoms with Crippen molar-refractivity contribution in [1.29, 1.82) is 0 Å². The highest BCUT2D eigenvalue weighted by molar-refractivity contribution is 5.98. The second kappa shape index (κ2) is 12.1. The molecule has 1 fully saturated rings. The first-order valence-electron chi connectivity index (χ1n) is 10.9. The molecule has 0 aliphatic carbocycles. The average molecular weight is 432 g/mol. The third-order valence-corrected chi connectivity index (χ3v) is 5.10. The van der Waals surface area contributed by atoms with Crippen molar-refractivity contribution >= 4 is 29.4 Å². The van der Waals surface area contributed by atoms with Crippen molar-refractivity contribution in [2.75, 3.05) is 24.6 Å². The van der Waals surface area contributed by atoms with E-state index in [-0.39, 0.29) is 31.0 Å².